The number of aromatic carboxylic acids is 1. The number of carbonyl (C=O) groups is 1. The maximum atomic E-state index is 11.2. The summed E-state index contributed by atoms with van der Waals surface area (Å²) in [6.07, 6.45) is 0. The Kier molecular flexibility index (Phi) is 2.97. The van der Waals surface area contributed by atoms with Gasteiger partial charge in [0.05, 0.1) is 25.8 Å². The predicted octanol–water partition coefficient (Wildman–Crippen LogP) is 0.307. The van der Waals surface area contributed by atoms with Crippen LogP contribution in [0.1, 0.15) is 16.2 Å². The van der Waals surface area contributed by atoms with E-state index in [4.69, 9.17) is 4.74 Å². The van der Waals surface area contributed by atoms with E-state index in [1.54, 1.807) is 13.1 Å². The predicted molar refractivity (Wildman–Crippen MR) is 68.7 cm³/mol. The number of benzene rings is 1. The summed E-state index contributed by atoms with van der Waals surface area (Å²) in [4.78, 5) is 14.6. The Labute approximate surface area is 114 Å². The van der Waals surface area contributed by atoms with Gasteiger partial charge >= 0.3 is 5.97 Å². The Balaban J connectivity index is 1.94. The lowest BCUT2D eigenvalue weighted by Crippen LogP contribution is -2.33. The van der Waals surface area contributed by atoms with Crippen molar-refractivity contribution in [3.8, 4) is 5.75 Å². The highest BCUT2D eigenvalue weighted by Gasteiger charge is 2.24. The lowest BCUT2D eigenvalue weighted by atomic mass is 10.1. The van der Waals surface area contributed by atoms with Crippen molar-refractivity contribution in [2.24, 2.45) is 7.05 Å². The van der Waals surface area contributed by atoms with Gasteiger partial charge in [-0.3, -0.25) is 0 Å². The molecule has 0 atom stereocenters. The SMILES string of the molecule is Cn1nnc(CN2CCOc3c(C(=O)O)cccc32)n1. The number of fused-ring (bicyclic) bond motifs is 1. The van der Waals surface area contributed by atoms with Crippen LogP contribution in [0.2, 0.25) is 0 Å². The summed E-state index contributed by atoms with van der Waals surface area (Å²) >= 11 is 0. The number of hydrogen-bond donors (Lipinski definition) is 1. The van der Waals surface area contributed by atoms with Gasteiger partial charge in [0.25, 0.3) is 0 Å². The first-order valence-corrected chi connectivity index (χ1v) is 6.12. The van der Waals surface area contributed by atoms with Crippen molar-refractivity contribution in [2.75, 3.05) is 18.1 Å². The number of nitrogens with zero attached hydrogens (tertiary/aromatic N) is 5. The minimum atomic E-state index is -0.999. The lowest BCUT2D eigenvalue weighted by Gasteiger charge is -2.30. The number of rotatable bonds is 3. The Morgan fingerprint density at radius 3 is 3.05 bits per heavy atom. The molecule has 0 fully saturated rings. The van der Waals surface area contributed by atoms with Gasteiger partial charge in [-0.05, 0) is 17.3 Å². The highest BCUT2D eigenvalue weighted by molar-refractivity contribution is 5.93. The van der Waals surface area contributed by atoms with Crippen molar-refractivity contribution in [1.82, 2.24) is 20.2 Å². The minimum Gasteiger partial charge on any atom is -0.489 e. The van der Waals surface area contributed by atoms with Crippen LogP contribution in [-0.4, -0.2) is 44.4 Å². The third-order valence-electron chi connectivity index (χ3n) is 3.05. The van der Waals surface area contributed by atoms with E-state index in [1.165, 1.54) is 10.9 Å². The van der Waals surface area contributed by atoms with Crippen molar-refractivity contribution in [2.45, 2.75) is 6.54 Å². The molecule has 1 aromatic carbocycles. The second kappa shape index (κ2) is 4.80. The van der Waals surface area contributed by atoms with E-state index in [9.17, 15) is 9.90 Å². The number of carboxylic acids is 1. The fourth-order valence-corrected chi connectivity index (χ4v) is 2.19. The number of anilines is 1. The van der Waals surface area contributed by atoms with E-state index < -0.39 is 5.97 Å². The molecular formula is C12H13N5O3. The maximum Gasteiger partial charge on any atom is 0.339 e. The summed E-state index contributed by atoms with van der Waals surface area (Å²) < 4.78 is 5.50. The molecular weight excluding hydrogens is 262 g/mol. The zero-order valence-corrected chi connectivity index (χ0v) is 10.9. The summed E-state index contributed by atoms with van der Waals surface area (Å²) in [5, 5.41) is 21.0. The highest BCUT2D eigenvalue weighted by Crippen LogP contribution is 2.35. The molecule has 0 saturated carbocycles. The highest BCUT2D eigenvalue weighted by atomic mass is 16.5. The molecule has 20 heavy (non-hydrogen) atoms. The van der Waals surface area contributed by atoms with Crippen LogP contribution in [0.25, 0.3) is 0 Å². The van der Waals surface area contributed by atoms with Crippen LogP contribution in [0.5, 0.6) is 5.75 Å². The van der Waals surface area contributed by atoms with Crippen molar-refractivity contribution in [3.05, 3.63) is 29.6 Å². The quantitative estimate of drug-likeness (QED) is 0.861. The number of aromatic nitrogens is 4. The normalized spacial score (nSPS) is 13.8. The zero-order valence-electron chi connectivity index (χ0n) is 10.9. The molecule has 1 aliphatic rings. The first-order valence-electron chi connectivity index (χ1n) is 6.12. The average molecular weight is 275 g/mol. The monoisotopic (exact) mass is 275 g/mol. The Hall–Kier alpha value is -2.64. The van der Waals surface area contributed by atoms with Crippen molar-refractivity contribution >= 4 is 11.7 Å². The van der Waals surface area contributed by atoms with E-state index in [0.29, 0.717) is 31.3 Å². The fourth-order valence-electron chi connectivity index (χ4n) is 2.19. The van der Waals surface area contributed by atoms with Gasteiger partial charge in [0.15, 0.2) is 11.6 Å². The summed E-state index contributed by atoms with van der Waals surface area (Å²) in [5.41, 5.74) is 0.905. The first kappa shape index (κ1) is 12.4. The molecule has 1 aliphatic heterocycles. The van der Waals surface area contributed by atoms with Gasteiger partial charge in [0.1, 0.15) is 12.2 Å². The fraction of sp³-hybridized carbons (Fsp3) is 0.333. The van der Waals surface area contributed by atoms with Crippen LogP contribution >= 0.6 is 0 Å². The molecule has 0 radical (unpaired) electrons. The number of tetrazole rings is 1. The lowest BCUT2D eigenvalue weighted by molar-refractivity contribution is 0.0692. The number of ether oxygens (including phenoxy) is 1. The Bertz CT molecular complexity index is 654. The minimum absolute atomic E-state index is 0.166. The largest absolute Gasteiger partial charge is 0.489 e. The summed E-state index contributed by atoms with van der Waals surface area (Å²) in [6, 6.07) is 5.07. The van der Waals surface area contributed by atoms with E-state index in [-0.39, 0.29) is 5.56 Å². The molecule has 2 aromatic rings. The molecule has 104 valence electrons. The van der Waals surface area contributed by atoms with Gasteiger partial charge < -0.3 is 14.7 Å². The van der Waals surface area contributed by atoms with Crippen LogP contribution < -0.4 is 9.64 Å². The smallest absolute Gasteiger partial charge is 0.339 e. The molecule has 0 amide bonds. The molecule has 0 bridgehead atoms. The van der Waals surface area contributed by atoms with Gasteiger partial charge in [-0.15, -0.1) is 10.2 Å². The first-order chi connectivity index (χ1) is 9.65. The third-order valence-corrected chi connectivity index (χ3v) is 3.05. The van der Waals surface area contributed by atoms with E-state index in [2.05, 4.69) is 15.4 Å². The molecule has 0 aliphatic carbocycles. The van der Waals surface area contributed by atoms with E-state index in [0.717, 1.165) is 5.69 Å². The molecule has 1 N–H and O–H groups in total. The van der Waals surface area contributed by atoms with Crippen LogP contribution in [0.15, 0.2) is 18.2 Å². The van der Waals surface area contributed by atoms with Crippen LogP contribution in [0, 0.1) is 0 Å². The zero-order chi connectivity index (χ0) is 14.1. The maximum absolute atomic E-state index is 11.2. The van der Waals surface area contributed by atoms with Crippen molar-refractivity contribution in [3.63, 3.8) is 0 Å². The summed E-state index contributed by atoms with van der Waals surface area (Å²) in [6.45, 7) is 1.54. The molecule has 2 heterocycles. The van der Waals surface area contributed by atoms with Crippen LogP contribution in [-0.2, 0) is 13.6 Å². The molecule has 8 nitrogen and oxygen atoms in total. The van der Waals surface area contributed by atoms with Crippen LogP contribution in [0.3, 0.4) is 0 Å². The number of hydrogen-bond acceptors (Lipinski definition) is 6. The topological polar surface area (TPSA) is 93.4 Å². The number of para-hydroxylation sites is 1. The van der Waals surface area contributed by atoms with Gasteiger partial charge in [-0.2, -0.15) is 4.80 Å². The molecule has 8 heteroatoms. The number of aryl methyl sites for hydroxylation is 1. The number of carboxylic acid groups (broad SMARTS) is 1. The van der Waals surface area contributed by atoms with Crippen LogP contribution in [0.4, 0.5) is 5.69 Å². The molecule has 0 saturated heterocycles. The van der Waals surface area contributed by atoms with Crippen molar-refractivity contribution in [1.29, 1.82) is 0 Å². The van der Waals surface area contributed by atoms with E-state index in [1.807, 2.05) is 11.0 Å². The second-order valence-corrected chi connectivity index (χ2v) is 4.42. The third kappa shape index (κ3) is 2.15. The van der Waals surface area contributed by atoms with Gasteiger partial charge in [0, 0.05) is 0 Å². The molecule has 1 aromatic heterocycles. The van der Waals surface area contributed by atoms with Crippen molar-refractivity contribution < 1.29 is 14.6 Å². The molecule has 0 spiro atoms. The summed E-state index contributed by atoms with van der Waals surface area (Å²) in [5.74, 6) is -0.0162. The second-order valence-electron chi connectivity index (χ2n) is 4.42. The Morgan fingerprint density at radius 1 is 1.50 bits per heavy atom. The summed E-state index contributed by atoms with van der Waals surface area (Å²) in [7, 11) is 1.70. The van der Waals surface area contributed by atoms with Gasteiger partial charge in [-0.25, -0.2) is 4.79 Å². The van der Waals surface area contributed by atoms with Gasteiger partial charge in [-0.1, -0.05) is 6.07 Å². The van der Waals surface area contributed by atoms with Gasteiger partial charge in [0.2, 0.25) is 0 Å². The standard InChI is InChI=1S/C12H13N5O3/c1-16-14-10(13-15-16)7-17-5-6-20-11-8(12(18)19)3-2-4-9(11)17/h2-4H,5-7H2,1H3,(H,18,19). The molecule has 0 unspecified atom stereocenters. The Morgan fingerprint density at radius 2 is 2.35 bits per heavy atom. The molecule has 3 rings (SSSR count). The average Bonchev–Trinajstić information content (AvgIpc) is 2.84. The van der Waals surface area contributed by atoms with E-state index >= 15 is 0 Å².